The molecule has 1 heterocycles. The largest absolute Gasteiger partial charge is 1.00 e. The van der Waals surface area contributed by atoms with E-state index >= 15 is 0 Å². The van der Waals surface area contributed by atoms with Crippen molar-refractivity contribution in [2.24, 2.45) is 0 Å². The number of fused-ring (bicyclic) bond motifs is 1. The van der Waals surface area contributed by atoms with Crippen molar-refractivity contribution in [3.05, 3.63) is 23.3 Å². The van der Waals surface area contributed by atoms with Crippen LogP contribution in [0.4, 0.5) is 0 Å². The fourth-order valence-electron chi connectivity index (χ4n) is 3.23. The maximum absolute atomic E-state index is 5.41. The molecule has 1 aromatic carbocycles. The quantitative estimate of drug-likeness (QED) is 0.532. The smallest absolute Gasteiger partial charge is 0.181 e. The Morgan fingerprint density at radius 3 is 2.20 bits per heavy atom. The van der Waals surface area contributed by atoms with Gasteiger partial charge in [-0.15, -0.1) is 0 Å². The van der Waals surface area contributed by atoms with Gasteiger partial charge in [0.1, 0.15) is 6.54 Å². The number of rotatable bonds is 3. The molecule has 0 spiro atoms. The number of hydrogen-bond acceptors (Lipinski definition) is 2. The number of methoxy groups -OCH3 is 2. The van der Waals surface area contributed by atoms with Crippen LogP contribution in [0.15, 0.2) is 12.1 Å². The fraction of sp³-hybridized carbons (Fsp3) is 0.562. The number of hydrogen-bond donors (Lipinski definition) is 0. The van der Waals surface area contributed by atoms with Gasteiger partial charge in [-0.05, 0) is 24.6 Å². The Morgan fingerprint density at radius 2 is 1.70 bits per heavy atom. The van der Waals surface area contributed by atoms with Gasteiger partial charge in [0.15, 0.2) is 22.7 Å². The van der Waals surface area contributed by atoms with Crippen molar-refractivity contribution >= 4 is 5.71 Å². The van der Waals surface area contributed by atoms with Crippen molar-refractivity contribution in [1.29, 1.82) is 0 Å². The molecule has 0 aliphatic carbocycles. The van der Waals surface area contributed by atoms with E-state index in [0.29, 0.717) is 0 Å². The molecule has 1 aliphatic rings. The molecule has 0 unspecified atom stereocenters. The average Bonchev–Trinajstić information content (AvgIpc) is 2.36. The number of nitrogens with zero attached hydrogens (tertiary/aromatic N) is 1. The first-order valence-electron chi connectivity index (χ1n) is 6.81. The first kappa shape index (κ1) is 17.3. The molecule has 3 nitrogen and oxygen atoms in total. The maximum Gasteiger partial charge on any atom is 0.181 e. The highest BCUT2D eigenvalue weighted by Crippen LogP contribution is 2.35. The van der Waals surface area contributed by atoms with Crippen molar-refractivity contribution < 1.29 is 38.0 Å². The Hall–Kier alpha value is -0.780. The summed E-state index contributed by atoms with van der Waals surface area (Å²) in [7, 11) is 3.37. The van der Waals surface area contributed by atoms with Crippen molar-refractivity contribution in [3.63, 3.8) is 0 Å². The lowest BCUT2D eigenvalue weighted by molar-refractivity contribution is -0.599. The van der Waals surface area contributed by atoms with E-state index in [9.17, 15) is 0 Å². The predicted molar refractivity (Wildman–Crippen MR) is 77.9 cm³/mol. The van der Waals surface area contributed by atoms with E-state index < -0.39 is 0 Å². The maximum atomic E-state index is 5.41. The summed E-state index contributed by atoms with van der Waals surface area (Å²) in [4.78, 5) is 0. The van der Waals surface area contributed by atoms with Crippen LogP contribution in [0.1, 0.15) is 38.8 Å². The highest BCUT2D eigenvalue weighted by Gasteiger charge is 2.38. The number of benzene rings is 1. The van der Waals surface area contributed by atoms with Gasteiger partial charge in [-0.1, -0.05) is 0 Å². The standard InChI is InChI=1S/C16H24NO2.HI/c1-7-17-11(2)13-9-15(19-6)14(18-5)8-12(13)10-16(17,3)4;/h8-9H,7,10H2,1-6H3;1H/q+1;/p-1. The van der Waals surface area contributed by atoms with E-state index in [1.54, 1.807) is 14.2 Å². The monoisotopic (exact) mass is 389 g/mol. The molecular weight excluding hydrogens is 365 g/mol. The van der Waals surface area contributed by atoms with Crippen LogP contribution >= 0.6 is 0 Å². The second-order valence-corrected chi connectivity index (χ2v) is 5.68. The lowest BCUT2D eigenvalue weighted by atomic mass is 9.85. The van der Waals surface area contributed by atoms with Crippen molar-refractivity contribution in [2.45, 2.75) is 39.7 Å². The van der Waals surface area contributed by atoms with Gasteiger partial charge in [-0.2, -0.15) is 0 Å². The molecule has 0 aromatic heterocycles. The molecule has 0 saturated carbocycles. The van der Waals surface area contributed by atoms with Crippen LogP contribution in [0, 0.1) is 0 Å². The third-order valence-corrected chi connectivity index (χ3v) is 4.07. The Morgan fingerprint density at radius 1 is 1.15 bits per heavy atom. The summed E-state index contributed by atoms with van der Waals surface area (Å²) >= 11 is 0. The van der Waals surface area contributed by atoms with Gasteiger partial charge in [0.05, 0.1) is 14.2 Å². The van der Waals surface area contributed by atoms with E-state index in [2.05, 4.69) is 44.4 Å². The molecular formula is C16H24INO2. The van der Waals surface area contributed by atoms with Crippen LogP contribution in [0.25, 0.3) is 0 Å². The second kappa shape index (κ2) is 6.33. The summed E-state index contributed by atoms with van der Waals surface area (Å²) in [6.07, 6.45) is 1.02. The van der Waals surface area contributed by atoms with E-state index in [1.165, 1.54) is 16.8 Å². The van der Waals surface area contributed by atoms with Crippen molar-refractivity contribution in [1.82, 2.24) is 0 Å². The first-order valence-corrected chi connectivity index (χ1v) is 6.81. The van der Waals surface area contributed by atoms with E-state index in [0.717, 1.165) is 24.5 Å². The normalized spacial score (nSPS) is 16.3. The SMILES string of the molecule is CC[N+]1=C(C)c2cc(OC)c(OC)cc2CC1(C)C.[I-]. The van der Waals surface area contributed by atoms with Crippen LogP contribution in [-0.4, -0.2) is 36.6 Å². The molecule has 1 aromatic rings. The average molecular weight is 389 g/mol. The van der Waals surface area contributed by atoms with Gasteiger partial charge in [0.2, 0.25) is 0 Å². The molecule has 0 bridgehead atoms. The Kier molecular flexibility index (Phi) is 5.46. The zero-order chi connectivity index (χ0) is 14.2. The van der Waals surface area contributed by atoms with Crippen LogP contribution < -0.4 is 33.5 Å². The molecule has 2 rings (SSSR count). The summed E-state index contributed by atoms with van der Waals surface area (Å²) in [5.74, 6) is 1.62. The minimum atomic E-state index is 0. The summed E-state index contributed by atoms with van der Waals surface area (Å²) in [5, 5.41) is 0. The minimum absolute atomic E-state index is 0. The van der Waals surface area contributed by atoms with E-state index in [-0.39, 0.29) is 29.5 Å². The van der Waals surface area contributed by atoms with Crippen LogP contribution in [0.2, 0.25) is 0 Å². The molecule has 0 fully saturated rings. The molecule has 0 amide bonds. The first-order chi connectivity index (χ1) is 8.94. The summed E-state index contributed by atoms with van der Waals surface area (Å²) < 4.78 is 13.3. The third-order valence-electron chi connectivity index (χ3n) is 4.07. The molecule has 0 atom stereocenters. The molecule has 1 aliphatic heterocycles. The van der Waals surface area contributed by atoms with Gasteiger partial charge in [-0.25, -0.2) is 4.58 Å². The lowest BCUT2D eigenvalue weighted by Gasteiger charge is -2.30. The zero-order valence-corrected chi connectivity index (χ0v) is 15.4. The topological polar surface area (TPSA) is 21.5 Å². The van der Waals surface area contributed by atoms with Gasteiger partial charge < -0.3 is 33.5 Å². The number of ether oxygens (including phenoxy) is 2. The Labute approximate surface area is 139 Å². The molecule has 4 heteroatoms. The van der Waals surface area contributed by atoms with Crippen LogP contribution in [0.5, 0.6) is 11.5 Å². The van der Waals surface area contributed by atoms with Gasteiger partial charge >= 0.3 is 0 Å². The highest BCUT2D eigenvalue weighted by atomic mass is 127. The van der Waals surface area contributed by atoms with Gasteiger partial charge in [0, 0.05) is 32.8 Å². The predicted octanol–water partition coefficient (Wildman–Crippen LogP) is -0.116. The molecule has 112 valence electrons. The van der Waals surface area contributed by atoms with Crippen LogP contribution in [-0.2, 0) is 6.42 Å². The van der Waals surface area contributed by atoms with E-state index in [4.69, 9.17) is 9.47 Å². The van der Waals surface area contributed by atoms with Crippen molar-refractivity contribution in [3.8, 4) is 11.5 Å². The summed E-state index contributed by atoms with van der Waals surface area (Å²) in [6, 6.07) is 4.22. The van der Waals surface area contributed by atoms with E-state index in [1.807, 2.05) is 0 Å². The van der Waals surface area contributed by atoms with Crippen molar-refractivity contribution in [2.75, 3.05) is 20.8 Å². The fourth-order valence-corrected chi connectivity index (χ4v) is 3.23. The van der Waals surface area contributed by atoms with Gasteiger partial charge in [-0.3, -0.25) is 0 Å². The van der Waals surface area contributed by atoms with Crippen LogP contribution in [0.3, 0.4) is 0 Å². The van der Waals surface area contributed by atoms with Gasteiger partial charge in [0.25, 0.3) is 0 Å². The second-order valence-electron chi connectivity index (χ2n) is 5.68. The molecule has 0 radical (unpaired) electrons. The zero-order valence-electron chi connectivity index (χ0n) is 13.2. The molecule has 0 N–H and O–H groups in total. The Bertz CT molecular complexity index is 536. The Balaban J connectivity index is 0.00000200. The summed E-state index contributed by atoms with van der Waals surface area (Å²) in [6.45, 7) is 10.00. The highest BCUT2D eigenvalue weighted by molar-refractivity contribution is 5.98. The minimum Gasteiger partial charge on any atom is -1.00 e. The molecule has 20 heavy (non-hydrogen) atoms. The summed E-state index contributed by atoms with van der Waals surface area (Å²) in [5.41, 5.74) is 4.07. The third kappa shape index (κ3) is 2.80. The molecule has 0 saturated heterocycles. The number of halogens is 1. The number of likely N-dealkylation sites (N-methyl/N-ethyl adjacent to an activating group) is 1. The lowest BCUT2D eigenvalue weighted by Crippen LogP contribution is -3.00.